The van der Waals surface area contributed by atoms with E-state index in [1.807, 2.05) is 6.92 Å². The molecule has 0 bridgehead atoms. The lowest BCUT2D eigenvalue weighted by molar-refractivity contribution is -0.397. The van der Waals surface area contributed by atoms with Gasteiger partial charge in [-0.1, -0.05) is 46.3 Å². The fourth-order valence-corrected chi connectivity index (χ4v) is 16.5. The molecule has 0 radical (unpaired) electrons. The van der Waals surface area contributed by atoms with E-state index in [-0.39, 0.29) is 54.1 Å². The molecule has 14 N–H and O–H groups in total. The van der Waals surface area contributed by atoms with E-state index in [9.17, 15) is 79.4 Å². The highest BCUT2D eigenvalue weighted by molar-refractivity contribution is 7.80. The Kier molecular flexibility index (Phi) is 19.8. The number of hydrogen-bond donors (Lipinski definition) is 14. The maximum atomic E-state index is 12.5. The van der Waals surface area contributed by atoms with Crippen LogP contribution in [-0.2, 0) is 66.7 Å². The largest absolute Gasteiger partial charge is 0.397 e. The zero-order valence-corrected chi connectivity index (χ0v) is 49.9. The predicted molar refractivity (Wildman–Crippen MR) is 285 cm³/mol. The van der Waals surface area contributed by atoms with Gasteiger partial charge in [0.2, 0.25) is 0 Å². The van der Waals surface area contributed by atoms with Gasteiger partial charge >= 0.3 is 10.4 Å². The van der Waals surface area contributed by atoms with Crippen LogP contribution >= 0.6 is 0 Å². The number of fused-ring (bicyclic) bond motifs is 5. The number of rotatable bonds is 17. The second-order valence-electron chi connectivity index (χ2n) is 26.9. The summed E-state index contributed by atoms with van der Waals surface area (Å²) in [4.78, 5) is 0. The third-order valence-corrected chi connectivity index (χ3v) is 21.9. The van der Waals surface area contributed by atoms with Gasteiger partial charge < -0.3 is 118 Å². The van der Waals surface area contributed by atoms with Crippen LogP contribution in [0.5, 0.6) is 0 Å². The lowest BCUT2D eigenvalue weighted by Crippen LogP contribution is -2.67. The first-order valence-corrected chi connectivity index (χ1v) is 31.5. The minimum Gasteiger partial charge on any atom is -0.394 e. The van der Waals surface area contributed by atoms with E-state index in [2.05, 4.69) is 40.7 Å². The third kappa shape index (κ3) is 12.6. The van der Waals surface area contributed by atoms with Crippen LogP contribution in [0.4, 0.5) is 0 Å². The standard InChI is InChI=1S/C56H92O28S/c1-20(2)21(3)44-48(80-44)56(8,69)33-10-9-26-25-16-30(28-15-24(84-85(70,71)72)11-13-54(28,6)27(25)12-14-55(26,33)7)77-51-43(68)45(35(60)23(5)76-51)81-52-46(83-50-42(67)39(64)34(59)22(4)75-50)38(63)32(19-74-52)79-53-47(40(65)37(62)31(17-57)78-53)82-49-41(66)36(61)29(58)18-73-49/h12,20-26,28-53,57-69H,9-11,13-19H2,1-8H3,(H,70,71,72)/t21-,22+,23+,24-,25-,26-,28+,29-,30-,31+,32+,33-,34+,35+,36-,37-,38-,39-,40-,41+,42+,43+,44-,45-,46+,47+,48+,49-,50-,51-,52-,53-,54+,55-,56+/m0/s1. The van der Waals surface area contributed by atoms with Crippen molar-refractivity contribution in [3.05, 3.63) is 11.6 Å². The van der Waals surface area contributed by atoms with Crippen molar-refractivity contribution >= 4 is 10.4 Å². The summed E-state index contributed by atoms with van der Waals surface area (Å²) in [6.45, 7) is 13.5. The van der Waals surface area contributed by atoms with E-state index in [4.69, 9.17) is 56.3 Å². The summed E-state index contributed by atoms with van der Waals surface area (Å²) < 4.78 is 107. The first kappa shape index (κ1) is 66.6. The van der Waals surface area contributed by atoms with E-state index in [0.717, 1.165) is 12.8 Å². The van der Waals surface area contributed by atoms with Crippen LogP contribution in [0.1, 0.15) is 100 Å². The van der Waals surface area contributed by atoms with Gasteiger partial charge in [-0.2, -0.15) is 8.42 Å². The van der Waals surface area contributed by atoms with Crippen molar-refractivity contribution in [1.82, 2.24) is 0 Å². The molecule has 29 heteroatoms. The number of epoxide rings is 1. The summed E-state index contributed by atoms with van der Waals surface area (Å²) in [5, 5.41) is 145. The quantitative estimate of drug-likeness (QED) is 0.0392. The van der Waals surface area contributed by atoms with E-state index in [0.29, 0.717) is 25.2 Å². The van der Waals surface area contributed by atoms with Crippen LogP contribution in [0.15, 0.2) is 11.6 Å². The van der Waals surface area contributed by atoms with Crippen molar-refractivity contribution < 1.29 is 136 Å². The zero-order valence-electron chi connectivity index (χ0n) is 49.1. The summed E-state index contributed by atoms with van der Waals surface area (Å²) in [5.41, 5.74) is -0.928. The summed E-state index contributed by atoms with van der Waals surface area (Å²) in [6.07, 6.45) is -35.9. The van der Waals surface area contributed by atoms with Gasteiger partial charge in [-0.25, -0.2) is 4.18 Å². The monoisotopic (exact) mass is 1240 g/mol. The Morgan fingerprint density at radius 2 is 1.25 bits per heavy atom. The second-order valence-corrected chi connectivity index (χ2v) is 28.0. The van der Waals surface area contributed by atoms with Gasteiger partial charge in [-0.3, -0.25) is 4.55 Å². The number of aliphatic hydroxyl groups excluding tert-OH is 12. The van der Waals surface area contributed by atoms with Crippen molar-refractivity contribution in [2.75, 3.05) is 19.8 Å². The van der Waals surface area contributed by atoms with Crippen molar-refractivity contribution in [3.63, 3.8) is 0 Å². The second kappa shape index (κ2) is 25.3. The van der Waals surface area contributed by atoms with Gasteiger partial charge in [0.1, 0.15) is 104 Å². The fourth-order valence-electron chi connectivity index (χ4n) is 16.0. The minimum absolute atomic E-state index is 0.0608. The Labute approximate surface area is 494 Å². The number of allylic oxidation sites excluding steroid dienone is 2. The topological polar surface area (TPSA) is 431 Å². The molecule has 0 aromatic rings. The molecule has 0 aromatic carbocycles. The highest BCUT2D eigenvalue weighted by Gasteiger charge is 2.67. The average Bonchev–Trinajstić information content (AvgIpc) is 1.67. The van der Waals surface area contributed by atoms with Crippen LogP contribution in [0.25, 0.3) is 0 Å². The first-order valence-electron chi connectivity index (χ1n) is 30.1. The number of aliphatic hydroxyl groups is 13. The van der Waals surface area contributed by atoms with Crippen LogP contribution in [-0.4, -0.2) is 271 Å². The lowest BCUT2D eigenvalue weighted by Gasteiger charge is -2.60. The van der Waals surface area contributed by atoms with Gasteiger partial charge in [0.15, 0.2) is 31.5 Å². The molecule has 490 valence electrons. The highest BCUT2D eigenvalue weighted by Crippen LogP contribution is 2.68. The Morgan fingerprint density at radius 1 is 0.635 bits per heavy atom. The normalized spacial score (nSPS) is 53.2. The van der Waals surface area contributed by atoms with Crippen LogP contribution < -0.4 is 0 Å². The van der Waals surface area contributed by atoms with Gasteiger partial charge in [0, 0.05) is 0 Å². The van der Waals surface area contributed by atoms with E-state index in [1.54, 1.807) is 0 Å². The Hall–Kier alpha value is -1.35. The molecule has 3 saturated carbocycles. The predicted octanol–water partition coefficient (Wildman–Crippen LogP) is -3.01. The van der Waals surface area contributed by atoms with Gasteiger partial charge in [-0.05, 0) is 112 Å². The highest BCUT2D eigenvalue weighted by atomic mass is 32.3. The molecule has 35 atom stereocenters. The zero-order chi connectivity index (χ0) is 61.9. The summed E-state index contributed by atoms with van der Waals surface area (Å²) >= 11 is 0. The fraction of sp³-hybridized carbons (Fsp3) is 0.964. The molecular weight excluding hydrogens is 1150 g/mol. The summed E-state index contributed by atoms with van der Waals surface area (Å²) in [7, 11) is -4.87. The van der Waals surface area contributed by atoms with Gasteiger partial charge in [0.05, 0.1) is 55.9 Å². The molecule has 0 spiro atoms. The molecule has 0 unspecified atom stereocenters. The average molecular weight is 1250 g/mol. The number of hydrogen-bond acceptors (Lipinski definition) is 27. The Bertz CT molecular complexity index is 2430. The Morgan fingerprint density at radius 3 is 1.92 bits per heavy atom. The number of ether oxygens (including phenoxy) is 11. The molecule has 6 saturated heterocycles. The van der Waals surface area contributed by atoms with E-state index < -0.39 is 201 Å². The minimum atomic E-state index is -4.87. The molecule has 9 fully saturated rings. The van der Waals surface area contributed by atoms with Crippen molar-refractivity contribution in [2.24, 2.45) is 46.3 Å². The molecule has 0 aromatic heterocycles. The van der Waals surface area contributed by atoms with Gasteiger partial charge in [-0.15, -0.1) is 0 Å². The van der Waals surface area contributed by atoms with E-state index >= 15 is 0 Å². The van der Waals surface area contributed by atoms with Crippen LogP contribution in [0.3, 0.4) is 0 Å². The van der Waals surface area contributed by atoms with Crippen molar-refractivity contribution in [1.29, 1.82) is 0 Å². The molecule has 0 amide bonds. The molecule has 85 heavy (non-hydrogen) atoms. The first-order chi connectivity index (χ1) is 39.8. The molecule has 6 heterocycles. The molecule has 4 aliphatic carbocycles. The molecule has 6 aliphatic heterocycles. The maximum absolute atomic E-state index is 12.5. The van der Waals surface area contributed by atoms with Crippen LogP contribution in [0.2, 0.25) is 0 Å². The van der Waals surface area contributed by atoms with Gasteiger partial charge in [0.25, 0.3) is 0 Å². The smallest absolute Gasteiger partial charge is 0.394 e. The maximum Gasteiger partial charge on any atom is 0.397 e. The molecule has 10 aliphatic rings. The molecular formula is C56H92O28S. The molecule has 10 rings (SSSR count). The Balaban J connectivity index is 0.911. The lowest BCUT2D eigenvalue weighted by atomic mass is 9.47. The SMILES string of the molecule is CC(C)[C@H](C)[C@@H]1O[C@H]1[C@](C)(O)[C@H]1CC[C@H]2[C@@H]3C[C@H](O[C@@H]4O[C@H](C)[C@@H](O)[C@H](O[C@@H]5OC[C@@H](O[C@@H]6O[C@H](CO)[C@H](O)[C@H](O)[C@H]6O[C@@H]6OC[C@H](O)[C@H](O)[C@H]6O)[C@H](O)[C@H]5O[C@@H]5O[C@H](C)[C@@H](O)[C@H](O)[C@H]5O)[C@H]4O)[C@H]4C[C@@H](OS(=O)(=O)O)CC[C@]4(C)C3=CC[C@]12C. The third-order valence-electron chi connectivity index (χ3n) is 21.4. The van der Waals surface area contributed by atoms with E-state index in [1.165, 1.54) is 19.4 Å². The summed E-state index contributed by atoms with van der Waals surface area (Å²) in [5.74, 6) is -0.0416. The van der Waals surface area contributed by atoms with Crippen LogP contribution in [0, 0.1) is 46.3 Å². The van der Waals surface area contributed by atoms with Crippen molar-refractivity contribution in [3.8, 4) is 0 Å². The molecule has 28 nitrogen and oxygen atoms in total. The van der Waals surface area contributed by atoms with Crippen molar-refractivity contribution in [2.45, 2.75) is 272 Å². The summed E-state index contributed by atoms with van der Waals surface area (Å²) in [6, 6.07) is 0.